The summed E-state index contributed by atoms with van der Waals surface area (Å²) in [5, 5.41) is 3.15. The third kappa shape index (κ3) is 6.79. The lowest BCUT2D eigenvalue weighted by Gasteiger charge is -2.37. The predicted octanol–water partition coefficient (Wildman–Crippen LogP) is 3.21. The maximum atomic E-state index is 12.2. The highest BCUT2D eigenvalue weighted by atomic mass is 16.5. The van der Waals surface area contributed by atoms with Crippen LogP contribution in [0.3, 0.4) is 0 Å². The second-order valence-corrected chi connectivity index (χ2v) is 6.39. The van der Waals surface area contributed by atoms with Gasteiger partial charge < -0.3 is 10.1 Å². The summed E-state index contributed by atoms with van der Waals surface area (Å²) in [6, 6.07) is 0.823. The first-order chi connectivity index (χ1) is 9.82. The largest absolute Gasteiger partial charge is 0.465 e. The van der Waals surface area contributed by atoms with Gasteiger partial charge in [-0.05, 0) is 61.1 Å². The Balaban J connectivity index is 4.76. The van der Waals surface area contributed by atoms with Gasteiger partial charge in [0.25, 0.3) is 0 Å². The van der Waals surface area contributed by atoms with Gasteiger partial charge in [0.2, 0.25) is 0 Å². The Morgan fingerprint density at radius 3 is 2.29 bits per heavy atom. The summed E-state index contributed by atoms with van der Waals surface area (Å²) < 4.78 is 5.22. The number of esters is 1. The molecule has 1 N–H and O–H groups in total. The number of carbonyl (C=O) groups is 1. The van der Waals surface area contributed by atoms with Crippen LogP contribution in [-0.2, 0) is 9.53 Å². The summed E-state index contributed by atoms with van der Waals surface area (Å²) in [7, 11) is 1.83. The smallest absolute Gasteiger partial charge is 0.326 e. The van der Waals surface area contributed by atoms with Crippen molar-refractivity contribution in [3.05, 3.63) is 0 Å². The third-order valence-corrected chi connectivity index (χ3v) is 4.23. The Labute approximate surface area is 131 Å². The van der Waals surface area contributed by atoms with Gasteiger partial charge in [-0.3, -0.25) is 9.69 Å². The lowest BCUT2D eigenvalue weighted by molar-refractivity contribution is -0.151. The Morgan fingerprint density at radius 2 is 1.86 bits per heavy atom. The van der Waals surface area contributed by atoms with Crippen LogP contribution in [0, 0.1) is 0 Å². The molecule has 4 heteroatoms. The van der Waals surface area contributed by atoms with Crippen LogP contribution in [0.25, 0.3) is 0 Å². The van der Waals surface area contributed by atoms with Gasteiger partial charge >= 0.3 is 5.97 Å². The average molecular weight is 300 g/mol. The molecule has 0 rings (SSSR count). The van der Waals surface area contributed by atoms with Crippen molar-refractivity contribution < 1.29 is 9.53 Å². The van der Waals surface area contributed by atoms with Crippen LogP contribution in [0.15, 0.2) is 0 Å². The first kappa shape index (κ1) is 20.4. The third-order valence-electron chi connectivity index (χ3n) is 4.23. The average Bonchev–Trinajstić information content (AvgIpc) is 2.43. The van der Waals surface area contributed by atoms with Gasteiger partial charge in [-0.15, -0.1) is 0 Å². The molecule has 0 heterocycles. The van der Waals surface area contributed by atoms with Crippen LogP contribution in [0.1, 0.15) is 67.2 Å². The highest BCUT2D eigenvalue weighted by molar-refractivity contribution is 5.80. The second-order valence-electron chi connectivity index (χ2n) is 6.39. The molecule has 0 bridgehead atoms. The van der Waals surface area contributed by atoms with Crippen molar-refractivity contribution in [2.24, 2.45) is 0 Å². The molecule has 2 unspecified atom stereocenters. The quantitative estimate of drug-likeness (QED) is 0.470. The zero-order chi connectivity index (χ0) is 16.5. The van der Waals surface area contributed by atoms with E-state index in [0.29, 0.717) is 18.7 Å². The van der Waals surface area contributed by atoms with Crippen LogP contribution in [0.2, 0.25) is 0 Å². The second kappa shape index (κ2) is 10.2. The Hall–Kier alpha value is -0.610. The van der Waals surface area contributed by atoms with Gasteiger partial charge in [0.05, 0.1) is 6.61 Å². The van der Waals surface area contributed by atoms with E-state index in [9.17, 15) is 4.79 Å². The molecule has 21 heavy (non-hydrogen) atoms. The number of hydrogen-bond acceptors (Lipinski definition) is 4. The molecule has 0 aliphatic heterocycles. The van der Waals surface area contributed by atoms with Crippen molar-refractivity contribution in [1.82, 2.24) is 10.2 Å². The van der Waals surface area contributed by atoms with E-state index < -0.39 is 5.54 Å². The fourth-order valence-electron chi connectivity index (χ4n) is 2.82. The minimum atomic E-state index is -0.618. The molecule has 0 radical (unpaired) electrons. The van der Waals surface area contributed by atoms with E-state index in [1.807, 2.05) is 20.9 Å². The molecule has 0 fully saturated rings. The lowest BCUT2D eigenvalue weighted by Crippen LogP contribution is -2.53. The molecule has 0 spiro atoms. The first-order valence-corrected chi connectivity index (χ1v) is 8.44. The summed E-state index contributed by atoms with van der Waals surface area (Å²) in [5.74, 6) is -0.156. The number of carbonyl (C=O) groups excluding carboxylic acids is 1. The van der Waals surface area contributed by atoms with Crippen LogP contribution in [-0.4, -0.2) is 48.7 Å². The summed E-state index contributed by atoms with van der Waals surface area (Å²) in [4.78, 5) is 14.7. The molecule has 4 nitrogen and oxygen atoms in total. The zero-order valence-electron chi connectivity index (χ0n) is 15.2. The molecular weight excluding hydrogens is 264 g/mol. The Morgan fingerprint density at radius 1 is 1.24 bits per heavy atom. The number of unbranched alkanes of at least 4 members (excludes halogenated alkanes) is 2. The van der Waals surface area contributed by atoms with Crippen molar-refractivity contribution in [2.45, 2.75) is 84.8 Å². The van der Waals surface area contributed by atoms with Crippen molar-refractivity contribution in [2.75, 3.05) is 20.2 Å². The number of nitrogens with one attached hydrogen (secondary N) is 1. The van der Waals surface area contributed by atoms with E-state index in [2.05, 4.69) is 37.9 Å². The predicted molar refractivity (Wildman–Crippen MR) is 89.5 cm³/mol. The summed E-state index contributed by atoms with van der Waals surface area (Å²) >= 11 is 0. The standard InChI is InChI=1S/C17H36N2O2/c1-8-10-11-12-19(14(3)4)15(5)13-17(6,18-7)16(20)21-9-2/h14-15,18H,8-13H2,1-7H3. The molecule has 0 aromatic rings. The van der Waals surface area contributed by atoms with Crippen LogP contribution < -0.4 is 5.32 Å². The number of rotatable bonds is 11. The van der Waals surface area contributed by atoms with Crippen molar-refractivity contribution in [1.29, 1.82) is 0 Å². The molecular formula is C17H36N2O2. The maximum absolute atomic E-state index is 12.2. The molecule has 0 saturated heterocycles. The van der Waals surface area contributed by atoms with Crippen molar-refractivity contribution in [3.8, 4) is 0 Å². The molecule has 0 aliphatic rings. The van der Waals surface area contributed by atoms with Gasteiger partial charge in [0.1, 0.15) is 5.54 Å². The summed E-state index contributed by atoms with van der Waals surface area (Å²) in [6.45, 7) is 14.2. The lowest BCUT2D eigenvalue weighted by atomic mass is 9.92. The molecule has 0 aliphatic carbocycles. The minimum absolute atomic E-state index is 0.156. The van der Waals surface area contributed by atoms with Crippen molar-refractivity contribution in [3.63, 3.8) is 0 Å². The zero-order valence-corrected chi connectivity index (χ0v) is 15.2. The monoisotopic (exact) mass is 300 g/mol. The Bertz CT molecular complexity index is 295. The minimum Gasteiger partial charge on any atom is -0.465 e. The first-order valence-electron chi connectivity index (χ1n) is 8.44. The number of likely N-dealkylation sites (N-methyl/N-ethyl adjacent to an activating group) is 1. The fraction of sp³-hybridized carbons (Fsp3) is 0.941. The molecule has 0 saturated carbocycles. The van der Waals surface area contributed by atoms with Crippen molar-refractivity contribution >= 4 is 5.97 Å². The highest BCUT2D eigenvalue weighted by Crippen LogP contribution is 2.20. The molecule has 126 valence electrons. The van der Waals surface area contributed by atoms with Gasteiger partial charge in [0.15, 0.2) is 0 Å². The van der Waals surface area contributed by atoms with E-state index in [-0.39, 0.29) is 5.97 Å². The van der Waals surface area contributed by atoms with Crippen LogP contribution in [0.4, 0.5) is 0 Å². The Kier molecular flexibility index (Phi) is 9.88. The molecule has 2 atom stereocenters. The van der Waals surface area contributed by atoms with E-state index in [1.54, 1.807) is 0 Å². The van der Waals surface area contributed by atoms with Crippen LogP contribution in [0.5, 0.6) is 0 Å². The van der Waals surface area contributed by atoms with Gasteiger partial charge in [-0.2, -0.15) is 0 Å². The number of ether oxygens (including phenoxy) is 1. The SMILES string of the molecule is CCCCCN(C(C)C)C(C)CC(C)(NC)C(=O)OCC. The fourth-order valence-corrected chi connectivity index (χ4v) is 2.82. The van der Waals surface area contributed by atoms with Crippen LogP contribution >= 0.6 is 0 Å². The van der Waals surface area contributed by atoms with Gasteiger partial charge in [0, 0.05) is 12.1 Å². The van der Waals surface area contributed by atoms with E-state index in [1.165, 1.54) is 19.3 Å². The van der Waals surface area contributed by atoms with E-state index in [0.717, 1.165) is 13.0 Å². The summed E-state index contributed by atoms with van der Waals surface area (Å²) in [5.41, 5.74) is -0.618. The highest BCUT2D eigenvalue weighted by Gasteiger charge is 2.36. The van der Waals surface area contributed by atoms with Gasteiger partial charge in [-0.1, -0.05) is 19.8 Å². The molecule has 0 aromatic heterocycles. The normalized spacial score (nSPS) is 16.0. The summed E-state index contributed by atoms with van der Waals surface area (Å²) in [6.07, 6.45) is 4.47. The topological polar surface area (TPSA) is 41.6 Å². The maximum Gasteiger partial charge on any atom is 0.326 e. The number of hydrogen-bond donors (Lipinski definition) is 1. The van der Waals surface area contributed by atoms with E-state index in [4.69, 9.17) is 4.74 Å². The van der Waals surface area contributed by atoms with E-state index >= 15 is 0 Å². The molecule has 0 aromatic carbocycles. The molecule has 0 amide bonds. The number of nitrogens with zero attached hydrogens (tertiary/aromatic N) is 1. The van der Waals surface area contributed by atoms with Gasteiger partial charge in [-0.25, -0.2) is 0 Å².